The van der Waals surface area contributed by atoms with Crippen LogP contribution in [0, 0.1) is 5.92 Å². The van der Waals surface area contributed by atoms with E-state index in [1.165, 1.54) is 37.7 Å². The molecule has 0 saturated heterocycles. The fourth-order valence-corrected chi connectivity index (χ4v) is 3.56. The Morgan fingerprint density at radius 1 is 1.37 bits per heavy atom. The highest BCUT2D eigenvalue weighted by Crippen LogP contribution is 2.28. The predicted octanol–water partition coefficient (Wildman–Crippen LogP) is 3.87. The first-order valence-corrected chi connectivity index (χ1v) is 8.66. The summed E-state index contributed by atoms with van der Waals surface area (Å²) in [6.45, 7) is 5.21. The Hall–Kier alpha value is -0.380. The lowest BCUT2D eigenvalue weighted by molar-refractivity contribution is 0.0143. The van der Waals surface area contributed by atoms with Gasteiger partial charge in [-0.15, -0.1) is 0 Å². The van der Waals surface area contributed by atoms with Gasteiger partial charge in [0.05, 0.1) is 12.7 Å². The molecule has 1 aliphatic rings. The minimum Gasteiger partial charge on any atom is -0.377 e. The smallest absolute Gasteiger partial charge is 0.0594 e. The van der Waals surface area contributed by atoms with Crippen LogP contribution < -0.4 is 5.32 Å². The van der Waals surface area contributed by atoms with Crippen LogP contribution in [0.2, 0.25) is 0 Å². The van der Waals surface area contributed by atoms with Crippen LogP contribution >= 0.6 is 11.3 Å². The van der Waals surface area contributed by atoms with Crippen molar-refractivity contribution < 1.29 is 4.74 Å². The zero-order chi connectivity index (χ0) is 13.3. The zero-order valence-electron chi connectivity index (χ0n) is 12.1. The second-order valence-corrected chi connectivity index (χ2v) is 6.35. The Morgan fingerprint density at radius 2 is 2.32 bits per heavy atom. The number of hydrogen-bond donors (Lipinski definition) is 1. The van der Waals surface area contributed by atoms with E-state index in [9.17, 15) is 0 Å². The SMILES string of the molecule is CCC1CCCC(OCCNCCc2ccsc2)C1. The maximum absolute atomic E-state index is 5.99. The number of nitrogens with one attached hydrogen (secondary N) is 1. The Labute approximate surface area is 121 Å². The molecule has 0 radical (unpaired) electrons. The second-order valence-electron chi connectivity index (χ2n) is 5.57. The molecule has 1 aromatic rings. The van der Waals surface area contributed by atoms with Crippen LogP contribution in [0.5, 0.6) is 0 Å². The van der Waals surface area contributed by atoms with Crippen LogP contribution in [0.15, 0.2) is 16.8 Å². The highest BCUT2D eigenvalue weighted by Gasteiger charge is 2.20. The van der Waals surface area contributed by atoms with Crippen LogP contribution in [0.25, 0.3) is 0 Å². The van der Waals surface area contributed by atoms with Crippen LogP contribution in [-0.4, -0.2) is 25.8 Å². The van der Waals surface area contributed by atoms with Crippen LogP contribution in [0.4, 0.5) is 0 Å². The molecular weight excluding hydrogens is 254 g/mol. The Morgan fingerprint density at radius 3 is 3.11 bits per heavy atom. The van der Waals surface area contributed by atoms with Gasteiger partial charge in [-0.1, -0.05) is 26.2 Å². The van der Waals surface area contributed by atoms with E-state index in [-0.39, 0.29) is 0 Å². The number of hydrogen-bond acceptors (Lipinski definition) is 3. The number of rotatable bonds is 8. The average molecular weight is 281 g/mol. The van der Waals surface area contributed by atoms with E-state index in [1.54, 1.807) is 11.3 Å². The first-order chi connectivity index (χ1) is 9.38. The van der Waals surface area contributed by atoms with Gasteiger partial charge >= 0.3 is 0 Å². The van der Waals surface area contributed by atoms with Gasteiger partial charge in [-0.2, -0.15) is 11.3 Å². The predicted molar refractivity (Wildman–Crippen MR) is 82.9 cm³/mol. The molecule has 3 heteroatoms. The summed E-state index contributed by atoms with van der Waals surface area (Å²) >= 11 is 1.78. The van der Waals surface area contributed by atoms with E-state index in [2.05, 4.69) is 29.1 Å². The normalized spacial score (nSPS) is 23.6. The van der Waals surface area contributed by atoms with E-state index in [0.29, 0.717) is 6.10 Å². The fraction of sp³-hybridized carbons (Fsp3) is 0.750. The summed E-state index contributed by atoms with van der Waals surface area (Å²) in [6.07, 6.45) is 8.29. The summed E-state index contributed by atoms with van der Waals surface area (Å²) in [6, 6.07) is 2.20. The molecule has 2 unspecified atom stereocenters. The van der Waals surface area contributed by atoms with Gasteiger partial charge in [-0.25, -0.2) is 0 Å². The third-order valence-electron chi connectivity index (χ3n) is 4.11. The molecule has 108 valence electrons. The zero-order valence-corrected chi connectivity index (χ0v) is 12.9. The van der Waals surface area contributed by atoms with E-state index in [1.807, 2.05) is 0 Å². The monoisotopic (exact) mass is 281 g/mol. The Bertz CT molecular complexity index is 325. The Balaban J connectivity index is 1.47. The molecule has 19 heavy (non-hydrogen) atoms. The summed E-state index contributed by atoms with van der Waals surface area (Å²) in [5, 5.41) is 7.84. The lowest BCUT2D eigenvalue weighted by atomic mass is 9.85. The molecule has 2 rings (SSSR count). The minimum atomic E-state index is 0.525. The molecule has 0 aromatic carbocycles. The highest BCUT2D eigenvalue weighted by atomic mass is 32.1. The summed E-state index contributed by atoms with van der Waals surface area (Å²) in [7, 11) is 0. The molecule has 2 nitrogen and oxygen atoms in total. The number of thiophene rings is 1. The standard InChI is InChI=1S/C16H27NOS/c1-2-14-4-3-5-16(12-14)18-10-9-17-8-6-15-7-11-19-13-15/h7,11,13-14,16-17H,2-6,8-10,12H2,1H3. The molecule has 0 aliphatic heterocycles. The van der Waals surface area contributed by atoms with Gasteiger partial charge in [-0.05, 0) is 54.1 Å². The molecule has 1 N–H and O–H groups in total. The van der Waals surface area contributed by atoms with Crippen molar-refractivity contribution in [2.75, 3.05) is 19.7 Å². The van der Waals surface area contributed by atoms with Crippen molar-refractivity contribution in [2.24, 2.45) is 5.92 Å². The van der Waals surface area contributed by atoms with E-state index in [4.69, 9.17) is 4.74 Å². The summed E-state index contributed by atoms with van der Waals surface area (Å²) < 4.78 is 5.99. The topological polar surface area (TPSA) is 21.3 Å². The van der Waals surface area contributed by atoms with Crippen molar-refractivity contribution in [3.63, 3.8) is 0 Å². The average Bonchev–Trinajstić information content (AvgIpc) is 2.96. The quantitative estimate of drug-likeness (QED) is 0.730. The van der Waals surface area contributed by atoms with Gasteiger partial charge in [-0.3, -0.25) is 0 Å². The highest BCUT2D eigenvalue weighted by molar-refractivity contribution is 7.07. The van der Waals surface area contributed by atoms with Crippen LogP contribution in [0.1, 0.15) is 44.6 Å². The fourth-order valence-electron chi connectivity index (χ4n) is 2.85. The summed E-state index contributed by atoms with van der Waals surface area (Å²) in [5.74, 6) is 0.908. The minimum absolute atomic E-state index is 0.525. The van der Waals surface area contributed by atoms with Crippen molar-refractivity contribution in [3.8, 4) is 0 Å². The first-order valence-electron chi connectivity index (χ1n) is 7.72. The maximum atomic E-state index is 5.99. The molecular formula is C16H27NOS. The molecule has 1 saturated carbocycles. The van der Waals surface area contributed by atoms with Gasteiger partial charge in [0, 0.05) is 6.54 Å². The van der Waals surface area contributed by atoms with Crippen molar-refractivity contribution in [3.05, 3.63) is 22.4 Å². The summed E-state index contributed by atoms with van der Waals surface area (Å²) in [5.41, 5.74) is 1.44. The molecule has 1 heterocycles. The van der Waals surface area contributed by atoms with Gasteiger partial charge in [0.1, 0.15) is 0 Å². The van der Waals surface area contributed by atoms with Crippen molar-refractivity contribution in [1.29, 1.82) is 0 Å². The molecule has 0 bridgehead atoms. The number of ether oxygens (including phenoxy) is 1. The van der Waals surface area contributed by atoms with Gasteiger partial charge < -0.3 is 10.1 Å². The van der Waals surface area contributed by atoms with Crippen molar-refractivity contribution in [1.82, 2.24) is 5.32 Å². The molecule has 0 spiro atoms. The third kappa shape index (κ3) is 5.64. The summed E-state index contributed by atoms with van der Waals surface area (Å²) in [4.78, 5) is 0. The molecule has 1 aromatic heterocycles. The van der Waals surface area contributed by atoms with Gasteiger partial charge in [0.2, 0.25) is 0 Å². The maximum Gasteiger partial charge on any atom is 0.0594 e. The van der Waals surface area contributed by atoms with Gasteiger partial charge in [0.25, 0.3) is 0 Å². The lowest BCUT2D eigenvalue weighted by Gasteiger charge is -2.28. The lowest BCUT2D eigenvalue weighted by Crippen LogP contribution is -2.27. The van der Waals surface area contributed by atoms with Gasteiger partial charge in [0.15, 0.2) is 0 Å². The van der Waals surface area contributed by atoms with Crippen LogP contribution in [-0.2, 0) is 11.2 Å². The molecule has 2 atom stereocenters. The third-order valence-corrected chi connectivity index (χ3v) is 4.85. The van der Waals surface area contributed by atoms with E-state index in [0.717, 1.165) is 32.0 Å². The molecule has 1 fully saturated rings. The Kier molecular flexibility index (Phi) is 6.90. The van der Waals surface area contributed by atoms with Crippen molar-refractivity contribution in [2.45, 2.75) is 51.6 Å². The van der Waals surface area contributed by atoms with E-state index < -0.39 is 0 Å². The van der Waals surface area contributed by atoms with Crippen LogP contribution in [0.3, 0.4) is 0 Å². The molecule has 0 amide bonds. The molecule has 1 aliphatic carbocycles. The second kappa shape index (κ2) is 8.72. The van der Waals surface area contributed by atoms with E-state index >= 15 is 0 Å². The first kappa shape index (κ1) is 15.0. The largest absolute Gasteiger partial charge is 0.377 e. The van der Waals surface area contributed by atoms with Crippen molar-refractivity contribution >= 4 is 11.3 Å².